The lowest BCUT2D eigenvalue weighted by atomic mass is 9.88. The largest absolute Gasteiger partial charge is 0.314 e. The molecule has 2 heteroatoms. The summed E-state index contributed by atoms with van der Waals surface area (Å²) in [6, 6.07) is 2.35. The van der Waals surface area contributed by atoms with Gasteiger partial charge in [-0.1, -0.05) is 33.6 Å². The predicted molar refractivity (Wildman–Crippen MR) is 85.7 cm³/mol. The van der Waals surface area contributed by atoms with Crippen LogP contribution in [0.25, 0.3) is 0 Å². The van der Waals surface area contributed by atoms with Crippen molar-refractivity contribution in [3.8, 4) is 0 Å². The molecule has 19 heavy (non-hydrogen) atoms. The van der Waals surface area contributed by atoms with Crippen molar-refractivity contribution in [3.05, 3.63) is 0 Å². The Bertz CT molecular complexity index is 217. The molecule has 3 unspecified atom stereocenters. The fourth-order valence-corrected chi connectivity index (χ4v) is 3.34. The van der Waals surface area contributed by atoms with Gasteiger partial charge in [0.1, 0.15) is 0 Å². The lowest BCUT2D eigenvalue weighted by Crippen LogP contribution is -2.48. The lowest BCUT2D eigenvalue weighted by Gasteiger charge is -2.41. The van der Waals surface area contributed by atoms with Crippen LogP contribution < -0.4 is 5.32 Å². The van der Waals surface area contributed by atoms with Crippen LogP contribution in [-0.2, 0) is 0 Å². The first-order valence-corrected chi connectivity index (χ1v) is 8.71. The van der Waals surface area contributed by atoms with E-state index in [-0.39, 0.29) is 0 Å². The normalized spacial score (nSPS) is 25.7. The molecule has 0 aromatic rings. The predicted octanol–water partition coefficient (Wildman–Crippen LogP) is 4.20. The maximum absolute atomic E-state index is 3.74. The molecule has 1 fully saturated rings. The quantitative estimate of drug-likeness (QED) is 0.674. The first-order chi connectivity index (χ1) is 9.22. The molecule has 0 bridgehead atoms. The van der Waals surface area contributed by atoms with Crippen LogP contribution in [0.3, 0.4) is 0 Å². The fraction of sp³-hybridized carbons (Fsp3) is 1.00. The van der Waals surface area contributed by atoms with Crippen molar-refractivity contribution in [1.29, 1.82) is 0 Å². The van der Waals surface area contributed by atoms with Crippen molar-refractivity contribution >= 4 is 0 Å². The maximum Gasteiger partial charge on any atom is 0.0113 e. The highest BCUT2D eigenvalue weighted by Gasteiger charge is 2.28. The van der Waals surface area contributed by atoms with Crippen LogP contribution in [0.15, 0.2) is 0 Å². The molecule has 0 saturated heterocycles. The molecule has 1 N–H and O–H groups in total. The summed E-state index contributed by atoms with van der Waals surface area (Å²) < 4.78 is 0. The summed E-state index contributed by atoms with van der Waals surface area (Å²) >= 11 is 0. The van der Waals surface area contributed by atoms with Crippen molar-refractivity contribution in [2.75, 3.05) is 13.1 Å². The van der Waals surface area contributed by atoms with Crippen LogP contribution in [0, 0.1) is 0 Å². The van der Waals surface area contributed by atoms with Gasteiger partial charge in [0, 0.05) is 18.1 Å². The first-order valence-electron chi connectivity index (χ1n) is 8.71. The van der Waals surface area contributed by atoms with E-state index in [2.05, 4.69) is 37.9 Å². The van der Waals surface area contributed by atoms with Crippen molar-refractivity contribution < 1.29 is 0 Å². The molecule has 0 aromatic carbocycles. The third-order valence-electron chi connectivity index (χ3n) is 4.73. The van der Waals surface area contributed by atoms with Gasteiger partial charge in [-0.05, 0) is 58.5 Å². The van der Waals surface area contributed by atoms with Crippen LogP contribution >= 0.6 is 0 Å². The SMILES string of the molecule is CCCCN(C(C)CC)C1CCCC(NCCC)C1. The number of hydrogen-bond donors (Lipinski definition) is 1. The molecule has 1 saturated carbocycles. The van der Waals surface area contributed by atoms with Gasteiger partial charge in [-0.3, -0.25) is 4.90 Å². The molecule has 1 aliphatic carbocycles. The zero-order valence-corrected chi connectivity index (χ0v) is 13.8. The number of unbranched alkanes of at least 4 members (excludes halogenated alkanes) is 1. The topological polar surface area (TPSA) is 15.3 Å². The van der Waals surface area contributed by atoms with Crippen molar-refractivity contribution in [2.24, 2.45) is 0 Å². The van der Waals surface area contributed by atoms with Crippen molar-refractivity contribution in [3.63, 3.8) is 0 Å². The summed E-state index contributed by atoms with van der Waals surface area (Å²) in [4.78, 5) is 2.81. The van der Waals surface area contributed by atoms with Gasteiger partial charge in [-0.15, -0.1) is 0 Å². The third-order valence-corrected chi connectivity index (χ3v) is 4.73. The molecule has 2 nitrogen and oxygen atoms in total. The van der Waals surface area contributed by atoms with Crippen LogP contribution in [0.5, 0.6) is 0 Å². The van der Waals surface area contributed by atoms with Gasteiger partial charge in [0.15, 0.2) is 0 Å². The van der Waals surface area contributed by atoms with Crippen LogP contribution in [0.2, 0.25) is 0 Å². The molecular weight excluding hydrogens is 232 g/mol. The Morgan fingerprint density at radius 3 is 2.58 bits per heavy atom. The molecule has 3 atom stereocenters. The average molecular weight is 268 g/mol. The molecule has 1 rings (SSSR count). The molecule has 0 heterocycles. The molecule has 0 aliphatic heterocycles. The Morgan fingerprint density at radius 1 is 1.16 bits per heavy atom. The monoisotopic (exact) mass is 268 g/mol. The summed E-state index contributed by atoms with van der Waals surface area (Å²) in [5.74, 6) is 0. The minimum absolute atomic E-state index is 0.751. The van der Waals surface area contributed by atoms with Crippen molar-refractivity contribution in [1.82, 2.24) is 10.2 Å². The Morgan fingerprint density at radius 2 is 1.95 bits per heavy atom. The summed E-state index contributed by atoms with van der Waals surface area (Å²) in [7, 11) is 0. The lowest BCUT2D eigenvalue weighted by molar-refractivity contribution is 0.0961. The summed E-state index contributed by atoms with van der Waals surface area (Å²) in [6.45, 7) is 11.8. The second kappa shape index (κ2) is 9.77. The zero-order chi connectivity index (χ0) is 14.1. The van der Waals surface area contributed by atoms with E-state index in [1.165, 1.54) is 64.5 Å². The van der Waals surface area contributed by atoms with E-state index in [0.717, 1.165) is 18.1 Å². The smallest absolute Gasteiger partial charge is 0.0113 e. The van der Waals surface area contributed by atoms with Gasteiger partial charge in [0.05, 0.1) is 0 Å². The van der Waals surface area contributed by atoms with E-state index >= 15 is 0 Å². The summed E-state index contributed by atoms with van der Waals surface area (Å²) in [5, 5.41) is 3.74. The van der Waals surface area contributed by atoms with Crippen molar-refractivity contribution in [2.45, 2.75) is 97.2 Å². The summed E-state index contributed by atoms with van der Waals surface area (Å²) in [6.07, 6.45) is 10.8. The summed E-state index contributed by atoms with van der Waals surface area (Å²) in [5.41, 5.74) is 0. The van der Waals surface area contributed by atoms with E-state index in [1.54, 1.807) is 0 Å². The third kappa shape index (κ3) is 5.83. The Kier molecular flexibility index (Phi) is 8.72. The highest BCUT2D eigenvalue weighted by atomic mass is 15.2. The van der Waals surface area contributed by atoms with E-state index in [0.29, 0.717) is 0 Å². The van der Waals surface area contributed by atoms with Gasteiger partial charge >= 0.3 is 0 Å². The Labute approximate surface area is 121 Å². The van der Waals surface area contributed by atoms with Crippen LogP contribution in [0.4, 0.5) is 0 Å². The molecule has 0 spiro atoms. The van der Waals surface area contributed by atoms with Crippen LogP contribution in [0.1, 0.15) is 79.1 Å². The number of rotatable bonds is 9. The van der Waals surface area contributed by atoms with Gasteiger partial charge in [0.25, 0.3) is 0 Å². The maximum atomic E-state index is 3.74. The van der Waals surface area contributed by atoms with E-state index in [9.17, 15) is 0 Å². The second-order valence-corrected chi connectivity index (χ2v) is 6.32. The molecule has 0 amide bonds. The molecule has 0 radical (unpaired) electrons. The van der Waals surface area contributed by atoms with Crippen LogP contribution in [-0.4, -0.2) is 36.1 Å². The molecule has 0 aromatic heterocycles. The highest BCUT2D eigenvalue weighted by molar-refractivity contribution is 4.85. The van der Waals surface area contributed by atoms with E-state index in [4.69, 9.17) is 0 Å². The molecular formula is C17H36N2. The van der Waals surface area contributed by atoms with Gasteiger partial charge in [-0.2, -0.15) is 0 Å². The van der Waals surface area contributed by atoms with Gasteiger partial charge in [-0.25, -0.2) is 0 Å². The second-order valence-electron chi connectivity index (χ2n) is 6.32. The van der Waals surface area contributed by atoms with Gasteiger partial charge in [0.2, 0.25) is 0 Å². The van der Waals surface area contributed by atoms with Gasteiger partial charge < -0.3 is 5.32 Å². The zero-order valence-electron chi connectivity index (χ0n) is 13.8. The molecule has 1 aliphatic rings. The minimum atomic E-state index is 0.751. The first kappa shape index (κ1) is 17.0. The number of nitrogens with zero attached hydrogens (tertiary/aromatic N) is 1. The fourth-order valence-electron chi connectivity index (χ4n) is 3.34. The minimum Gasteiger partial charge on any atom is -0.314 e. The Balaban J connectivity index is 2.51. The standard InChI is InChI=1S/C17H36N2/c1-5-8-13-19(15(4)7-3)17-11-9-10-16(14-17)18-12-6-2/h15-18H,5-14H2,1-4H3. The van der Waals surface area contributed by atoms with E-state index in [1.807, 2.05) is 0 Å². The molecule has 114 valence electrons. The number of nitrogens with one attached hydrogen (secondary N) is 1. The van der Waals surface area contributed by atoms with E-state index < -0.39 is 0 Å². The number of hydrogen-bond acceptors (Lipinski definition) is 2. The highest BCUT2D eigenvalue weighted by Crippen LogP contribution is 2.26. The average Bonchev–Trinajstić information content (AvgIpc) is 2.45. The Hall–Kier alpha value is -0.0800.